The summed E-state index contributed by atoms with van der Waals surface area (Å²) >= 11 is 0. The smallest absolute Gasteiger partial charge is 0.220 e. The van der Waals surface area contributed by atoms with Gasteiger partial charge in [0.25, 0.3) is 0 Å². The second kappa shape index (κ2) is 10.4. The van der Waals surface area contributed by atoms with Gasteiger partial charge in [-0.1, -0.05) is 18.2 Å². The number of anilines is 1. The molecular weight excluding hydrogens is 356 g/mol. The van der Waals surface area contributed by atoms with Gasteiger partial charge in [-0.05, 0) is 24.1 Å². The first-order valence-corrected chi connectivity index (χ1v) is 7.98. The topological polar surface area (TPSA) is 82.8 Å². The van der Waals surface area contributed by atoms with E-state index < -0.39 is 0 Å². The van der Waals surface area contributed by atoms with Gasteiger partial charge in [0.15, 0.2) is 11.5 Å². The fraction of sp³-hybridized carbons (Fsp3) is 0.316. The van der Waals surface area contributed by atoms with E-state index in [4.69, 9.17) is 19.9 Å². The molecule has 0 aliphatic heterocycles. The van der Waals surface area contributed by atoms with Crippen molar-refractivity contribution < 1.29 is 19.0 Å². The second-order valence-corrected chi connectivity index (χ2v) is 5.49. The number of amides is 1. The van der Waals surface area contributed by atoms with Gasteiger partial charge in [-0.2, -0.15) is 0 Å². The van der Waals surface area contributed by atoms with Crippen molar-refractivity contribution in [3.8, 4) is 17.2 Å². The number of nitrogens with two attached hydrogens (primary N) is 1. The highest BCUT2D eigenvalue weighted by Crippen LogP contribution is 2.34. The molecule has 0 aromatic heterocycles. The van der Waals surface area contributed by atoms with E-state index in [1.165, 1.54) is 0 Å². The standard InChI is InChI=1S/C19H24N2O4.ClH/c1-23-16-11-18(25-3)17(24-2)10-14(16)12-21-19(22)9-8-13-6-4-5-7-15(13)20;/h4-7,10-11H,8-9,12,20H2,1-3H3,(H,21,22);1H. The molecule has 0 spiro atoms. The van der Waals surface area contributed by atoms with E-state index in [1.54, 1.807) is 33.5 Å². The van der Waals surface area contributed by atoms with Gasteiger partial charge < -0.3 is 25.3 Å². The van der Waals surface area contributed by atoms with Gasteiger partial charge in [-0.15, -0.1) is 12.4 Å². The quantitative estimate of drug-likeness (QED) is 0.688. The number of rotatable bonds is 8. The molecule has 0 heterocycles. The molecule has 2 rings (SSSR count). The summed E-state index contributed by atoms with van der Waals surface area (Å²) in [6, 6.07) is 11.1. The Hall–Kier alpha value is -2.60. The third-order valence-corrected chi connectivity index (χ3v) is 3.94. The molecule has 2 aromatic carbocycles. The van der Waals surface area contributed by atoms with Crippen LogP contribution in [-0.4, -0.2) is 27.2 Å². The first kappa shape index (κ1) is 21.4. The molecule has 0 saturated carbocycles. The van der Waals surface area contributed by atoms with Crippen molar-refractivity contribution in [2.45, 2.75) is 19.4 Å². The van der Waals surface area contributed by atoms with Crippen LogP contribution >= 0.6 is 12.4 Å². The van der Waals surface area contributed by atoms with Gasteiger partial charge in [0.2, 0.25) is 5.91 Å². The highest BCUT2D eigenvalue weighted by Gasteiger charge is 2.13. The van der Waals surface area contributed by atoms with Crippen molar-refractivity contribution in [3.05, 3.63) is 47.5 Å². The van der Waals surface area contributed by atoms with Crippen molar-refractivity contribution >= 4 is 24.0 Å². The minimum atomic E-state index is -0.0555. The van der Waals surface area contributed by atoms with Crippen LogP contribution in [0.4, 0.5) is 5.69 Å². The number of nitrogen functional groups attached to an aromatic ring is 1. The number of benzene rings is 2. The maximum Gasteiger partial charge on any atom is 0.220 e. The van der Waals surface area contributed by atoms with E-state index in [1.807, 2.05) is 24.3 Å². The summed E-state index contributed by atoms with van der Waals surface area (Å²) in [5.74, 6) is 1.74. The molecule has 0 bridgehead atoms. The molecule has 0 saturated heterocycles. The predicted molar refractivity (Wildman–Crippen MR) is 104 cm³/mol. The molecule has 0 atom stereocenters. The Morgan fingerprint density at radius 3 is 2.19 bits per heavy atom. The van der Waals surface area contributed by atoms with Crippen LogP contribution in [-0.2, 0) is 17.8 Å². The molecule has 6 nitrogen and oxygen atoms in total. The molecule has 2 aromatic rings. The lowest BCUT2D eigenvalue weighted by Crippen LogP contribution is -2.23. The minimum Gasteiger partial charge on any atom is -0.496 e. The monoisotopic (exact) mass is 380 g/mol. The van der Waals surface area contributed by atoms with Gasteiger partial charge in [0.1, 0.15) is 5.75 Å². The molecule has 3 N–H and O–H groups in total. The first-order chi connectivity index (χ1) is 12.1. The van der Waals surface area contributed by atoms with Crippen molar-refractivity contribution in [1.29, 1.82) is 0 Å². The molecule has 0 fully saturated rings. The Bertz CT molecular complexity index is 737. The average molecular weight is 381 g/mol. The van der Waals surface area contributed by atoms with E-state index in [2.05, 4.69) is 5.32 Å². The third-order valence-electron chi connectivity index (χ3n) is 3.94. The normalized spacial score (nSPS) is 9.81. The van der Waals surface area contributed by atoms with Crippen molar-refractivity contribution in [2.24, 2.45) is 0 Å². The van der Waals surface area contributed by atoms with E-state index >= 15 is 0 Å². The molecular formula is C19H25ClN2O4. The molecule has 0 aliphatic rings. The zero-order valence-corrected chi connectivity index (χ0v) is 16.0. The van der Waals surface area contributed by atoms with Gasteiger partial charge in [-0.3, -0.25) is 4.79 Å². The average Bonchev–Trinajstić information content (AvgIpc) is 2.64. The summed E-state index contributed by atoms with van der Waals surface area (Å²) in [5.41, 5.74) is 8.39. The lowest BCUT2D eigenvalue weighted by Gasteiger charge is -2.14. The minimum absolute atomic E-state index is 0. The molecule has 26 heavy (non-hydrogen) atoms. The maximum absolute atomic E-state index is 12.1. The fourth-order valence-corrected chi connectivity index (χ4v) is 2.52. The van der Waals surface area contributed by atoms with Gasteiger partial charge >= 0.3 is 0 Å². The van der Waals surface area contributed by atoms with Crippen LogP contribution in [0.1, 0.15) is 17.5 Å². The van der Waals surface area contributed by atoms with E-state index in [9.17, 15) is 4.79 Å². The van der Waals surface area contributed by atoms with Crippen LogP contribution in [0.2, 0.25) is 0 Å². The van der Waals surface area contributed by atoms with E-state index in [0.717, 1.165) is 11.1 Å². The Morgan fingerprint density at radius 1 is 0.962 bits per heavy atom. The lowest BCUT2D eigenvalue weighted by atomic mass is 10.1. The van der Waals surface area contributed by atoms with Crippen LogP contribution in [0.25, 0.3) is 0 Å². The zero-order chi connectivity index (χ0) is 18.2. The number of aryl methyl sites for hydroxylation is 1. The molecule has 7 heteroatoms. The number of methoxy groups -OCH3 is 3. The van der Waals surface area contributed by atoms with Gasteiger partial charge in [0.05, 0.1) is 21.3 Å². The Kier molecular flexibility index (Phi) is 8.58. The summed E-state index contributed by atoms with van der Waals surface area (Å²) in [6.45, 7) is 0.340. The van der Waals surface area contributed by atoms with Crippen molar-refractivity contribution in [3.63, 3.8) is 0 Å². The first-order valence-electron chi connectivity index (χ1n) is 7.98. The number of carbonyl (C=O) groups excluding carboxylic acids is 1. The van der Waals surface area contributed by atoms with Crippen LogP contribution in [0.3, 0.4) is 0 Å². The summed E-state index contributed by atoms with van der Waals surface area (Å²) in [4.78, 5) is 12.1. The highest BCUT2D eigenvalue weighted by atomic mass is 35.5. The second-order valence-electron chi connectivity index (χ2n) is 5.49. The molecule has 142 valence electrons. The van der Waals surface area contributed by atoms with Gasteiger partial charge in [-0.25, -0.2) is 0 Å². The van der Waals surface area contributed by atoms with Crippen molar-refractivity contribution in [1.82, 2.24) is 5.32 Å². The third kappa shape index (κ3) is 5.46. The number of ether oxygens (including phenoxy) is 3. The molecule has 1 amide bonds. The lowest BCUT2D eigenvalue weighted by molar-refractivity contribution is -0.121. The zero-order valence-electron chi connectivity index (χ0n) is 15.2. The number of nitrogens with one attached hydrogen (secondary N) is 1. The Balaban J connectivity index is 0.00000338. The summed E-state index contributed by atoms with van der Waals surface area (Å²) in [7, 11) is 4.70. The number of para-hydroxylation sites is 1. The Morgan fingerprint density at radius 2 is 1.58 bits per heavy atom. The van der Waals surface area contributed by atoms with Crippen LogP contribution < -0.4 is 25.3 Å². The molecule has 0 unspecified atom stereocenters. The Labute approximate surface area is 160 Å². The van der Waals surface area contributed by atoms with Crippen LogP contribution in [0.15, 0.2) is 36.4 Å². The largest absolute Gasteiger partial charge is 0.496 e. The summed E-state index contributed by atoms with van der Waals surface area (Å²) in [5, 5.41) is 2.90. The van der Waals surface area contributed by atoms with Crippen LogP contribution in [0, 0.1) is 0 Å². The highest BCUT2D eigenvalue weighted by molar-refractivity contribution is 5.85. The fourth-order valence-electron chi connectivity index (χ4n) is 2.52. The summed E-state index contributed by atoms with van der Waals surface area (Å²) in [6.07, 6.45) is 0.964. The van der Waals surface area contributed by atoms with Crippen LogP contribution in [0.5, 0.6) is 17.2 Å². The van der Waals surface area contributed by atoms with Crippen molar-refractivity contribution in [2.75, 3.05) is 27.1 Å². The van der Waals surface area contributed by atoms with E-state index in [-0.39, 0.29) is 18.3 Å². The number of halogens is 1. The summed E-state index contributed by atoms with van der Waals surface area (Å²) < 4.78 is 15.9. The molecule has 0 radical (unpaired) electrons. The number of carbonyl (C=O) groups is 1. The maximum atomic E-state index is 12.1. The van der Waals surface area contributed by atoms with E-state index in [0.29, 0.717) is 42.3 Å². The SMILES string of the molecule is COc1cc(OC)c(OC)cc1CNC(=O)CCc1ccccc1N.Cl. The molecule has 0 aliphatic carbocycles. The number of hydrogen-bond donors (Lipinski definition) is 2. The number of hydrogen-bond acceptors (Lipinski definition) is 5. The van der Waals surface area contributed by atoms with Gasteiger partial charge in [0, 0.05) is 30.3 Å². The predicted octanol–water partition coefficient (Wildman–Crippen LogP) is 2.97.